The highest BCUT2D eigenvalue weighted by Gasteiger charge is 2.27. The van der Waals surface area contributed by atoms with Crippen LogP contribution in [0.2, 0.25) is 0 Å². The van der Waals surface area contributed by atoms with Crippen molar-refractivity contribution in [3.8, 4) is 0 Å². The van der Waals surface area contributed by atoms with Crippen LogP contribution in [0, 0.1) is 5.41 Å². The molecule has 0 aromatic heterocycles. The highest BCUT2D eigenvalue weighted by atomic mass is 19.1. The normalized spacial score (nSPS) is 13.9. The van der Waals surface area contributed by atoms with Crippen molar-refractivity contribution in [1.82, 2.24) is 5.32 Å². The molecule has 0 aliphatic rings. The molecule has 0 spiro atoms. The zero-order valence-corrected chi connectivity index (χ0v) is 9.28. The maximum atomic E-state index is 13.6. The minimum atomic E-state index is -0.805. The molecule has 1 N–H and O–H groups in total. The van der Waals surface area contributed by atoms with E-state index in [0.717, 1.165) is 18.5 Å². The van der Waals surface area contributed by atoms with E-state index in [2.05, 4.69) is 11.9 Å². The predicted molar refractivity (Wildman–Crippen MR) is 56.4 cm³/mol. The van der Waals surface area contributed by atoms with Gasteiger partial charge in [-0.25, -0.2) is 4.39 Å². The fourth-order valence-corrected chi connectivity index (χ4v) is 0.857. The third-order valence-electron chi connectivity index (χ3n) is 2.72. The van der Waals surface area contributed by atoms with E-state index in [4.69, 9.17) is 0 Å². The standard InChI is InChI=1S/C11H22FN/c1-6-9(3)13-8-10(12)11(4,5)7-2/h10,13H,3,6-8H2,1-2,4-5H3. The van der Waals surface area contributed by atoms with Crippen molar-refractivity contribution in [1.29, 1.82) is 0 Å². The Morgan fingerprint density at radius 1 is 1.46 bits per heavy atom. The van der Waals surface area contributed by atoms with Gasteiger partial charge in [-0.3, -0.25) is 0 Å². The first-order chi connectivity index (χ1) is 5.94. The summed E-state index contributed by atoms with van der Waals surface area (Å²) in [4.78, 5) is 0. The Labute approximate surface area is 81.4 Å². The van der Waals surface area contributed by atoms with Gasteiger partial charge in [-0.1, -0.05) is 34.3 Å². The molecule has 0 aliphatic heterocycles. The summed E-state index contributed by atoms with van der Waals surface area (Å²) in [7, 11) is 0. The Morgan fingerprint density at radius 2 is 2.00 bits per heavy atom. The quantitative estimate of drug-likeness (QED) is 0.673. The molecule has 0 rings (SSSR count). The third-order valence-corrected chi connectivity index (χ3v) is 2.72. The average molecular weight is 187 g/mol. The van der Waals surface area contributed by atoms with Gasteiger partial charge in [0.15, 0.2) is 0 Å². The molecule has 78 valence electrons. The highest BCUT2D eigenvalue weighted by Crippen LogP contribution is 2.26. The summed E-state index contributed by atoms with van der Waals surface area (Å²) < 4.78 is 13.6. The molecule has 1 nitrogen and oxygen atoms in total. The van der Waals surface area contributed by atoms with Crippen LogP contribution in [0.3, 0.4) is 0 Å². The first kappa shape index (κ1) is 12.5. The van der Waals surface area contributed by atoms with Crippen LogP contribution in [-0.2, 0) is 0 Å². The van der Waals surface area contributed by atoms with Crippen molar-refractivity contribution in [2.45, 2.75) is 46.7 Å². The minimum absolute atomic E-state index is 0.235. The lowest BCUT2D eigenvalue weighted by molar-refractivity contribution is 0.138. The first-order valence-corrected chi connectivity index (χ1v) is 4.99. The molecule has 0 aromatic carbocycles. The van der Waals surface area contributed by atoms with Crippen LogP contribution in [0.5, 0.6) is 0 Å². The van der Waals surface area contributed by atoms with Gasteiger partial charge in [-0.05, 0) is 18.3 Å². The van der Waals surface area contributed by atoms with Crippen LogP contribution < -0.4 is 5.32 Å². The number of nitrogens with one attached hydrogen (secondary N) is 1. The van der Waals surface area contributed by atoms with Crippen molar-refractivity contribution < 1.29 is 4.39 Å². The molecule has 13 heavy (non-hydrogen) atoms. The average Bonchev–Trinajstić information content (AvgIpc) is 2.13. The molecule has 0 heterocycles. The van der Waals surface area contributed by atoms with Crippen molar-refractivity contribution in [2.24, 2.45) is 5.41 Å². The molecule has 0 aliphatic carbocycles. The monoisotopic (exact) mass is 187 g/mol. The van der Waals surface area contributed by atoms with Gasteiger partial charge >= 0.3 is 0 Å². The van der Waals surface area contributed by atoms with Gasteiger partial charge in [-0.2, -0.15) is 0 Å². The third kappa shape index (κ3) is 4.30. The summed E-state index contributed by atoms with van der Waals surface area (Å²) in [6.07, 6.45) is 0.911. The summed E-state index contributed by atoms with van der Waals surface area (Å²) in [6.45, 7) is 12.1. The van der Waals surface area contributed by atoms with E-state index in [1.807, 2.05) is 27.7 Å². The number of hydrogen-bond donors (Lipinski definition) is 1. The van der Waals surface area contributed by atoms with Crippen molar-refractivity contribution >= 4 is 0 Å². The van der Waals surface area contributed by atoms with E-state index in [1.54, 1.807) is 0 Å². The maximum absolute atomic E-state index is 13.6. The van der Waals surface area contributed by atoms with Gasteiger partial charge in [-0.15, -0.1) is 0 Å². The van der Waals surface area contributed by atoms with Crippen LogP contribution in [0.15, 0.2) is 12.3 Å². The van der Waals surface area contributed by atoms with E-state index in [-0.39, 0.29) is 5.41 Å². The van der Waals surface area contributed by atoms with Gasteiger partial charge in [0.2, 0.25) is 0 Å². The van der Waals surface area contributed by atoms with Crippen molar-refractivity contribution in [3.63, 3.8) is 0 Å². The molecule has 1 atom stereocenters. The van der Waals surface area contributed by atoms with Crippen LogP contribution in [0.25, 0.3) is 0 Å². The topological polar surface area (TPSA) is 12.0 Å². The molecule has 0 radical (unpaired) electrons. The summed E-state index contributed by atoms with van der Waals surface area (Å²) >= 11 is 0. The number of halogens is 1. The van der Waals surface area contributed by atoms with E-state index in [9.17, 15) is 4.39 Å². The highest BCUT2D eigenvalue weighted by molar-refractivity contribution is 4.91. The minimum Gasteiger partial charge on any atom is -0.386 e. The Balaban J connectivity index is 3.87. The van der Waals surface area contributed by atoms with Crippen LogP contribution in [-0.4, -0.2) is 12.7 Å². The molecule has 0 saturated heterocycles. The molecule has 2 heteroatoms. The van der Waals surface area contributed by atoms with Gasteiger partial charge in [0, 0.05) is 12.2 Å². The molecule has 1 unspecified atom stereocenters. The second kappa shape index (κ2) is 5.25. The van der Waals surface area contributed by atoms with E-state index in [0.29, 0.717) is 6.54 Å². The van der Waals surface area contributed by atoms with E-state index in [1.165, 1.54) is 0 Å². The second-order valence-electron chi connectivity index (χ2n) is 4.15. The zero-order chi connectivity index (χ0) is 10.5. The van der Waals surface area contributed by atoms with Gasteiger partial charge in [0.05, 0.1) is 0 Å². The lowest BCUT2D eigenvalue weighted by atomic mass is 9.85. The fourth-order valence-electron chi connectivity index (χ4n) is 0.857. The summed E-state index contributed by atoms with van der Waals surface area (Å²) in [6, 6.07) is 0. The lowest BCUT2D eigenvalue weighted by Crippen LogP contribution is -2.34. The number of rotatable bonds is 6. The largest absolute Gasteiger partial charge is 0.386 e. The fraction of sp³-hybridized carbons (Fsp3) is 0.818. The van der Waals surface area contributed by atoms with Crippen molar-refractivity contribution in [2.75, 3.05) is 6.54 Å². The molecule has 0 bridgehead atoms. The number of allylic oxidation sites excluding steroid dienone is 1. The molecular formula is C11H22FN. The maximum Gasteiger partial charge on any atom is 0.122 e. The van der Waals surface area contributed by atoms with Crippen LogP contribution in [0.1, 0.15) is 40.5 Å². The molecular weight excluding hydrogens is 165 g/mol. The summed E-state index contributed by atoms with van der Waals surface area (Å²) in [5, 5.41) is 3.00. The zero-order valence-electron chi connectivity index (χ0n) is 9.28. The Kier molecular flexibility index (Phi) is 5.04. The van der Waals surface area contributed by atoms with E-state index >= 15 is 0 Å². The SMILES string of the molecule is C=C(CC)NCC(F)C(C)(C)CC. The molecule has 0 fully saturated rings. The van der Waals surface area contributed by atoms with Gasteiger partial charge in [0.1, 0.15) is 6.17 Å². The van der Waals surface area contributed by atoms with Crippen LogP contribution >= 0.6 is 0 Å². The Morgan fingerprint density at radius 3 is 2.38 bits per heavy atom. The number of alkyl halides is 1. The summed E-state index contributed by atoms with van der Waals surface area (Å²) in [5.74, 6) is 0. The Hall–Kier alpha value is -0.530. The molecule has 0 aromatic rings. The van der Waals surface area contributed by atoms with Gasteiger partial charge in [0.25, 0.3) is 0 Å². The van der Waals surface area contributed by atoms with Crippen molar-refractivity contribution in [3.05, 3.63) is 12.3 Å². The molecule has 0 amide bonds. The van der Waals surface area contributed by atoms with Gasteiger partial charge < -0.3 is 5.32 Å². The second-order valence-corrected chi connectivity index (χ2v) is 4.15. The van der Waals surface area contributed by atoms with Crippen LogP contribution in [0.4, 0.5) is 4.39 Å². The molecule has 0 saturated carbocycles. The smallest absolute Gasteiger partial charge is 0.122 e. The first-order valence-electron chi connectivity index (χ1n) is 4.99. The van der Waals surface area contributed by atoms with E-state index < -0.39 is 6.17 Å². The Bertz CT molecular complexity index is 163. The lowest BCUT2D eigenvalue weighted by Gasteiger charge is -2.27. The number of hydrogen-bond acceptors (Lipinski definition) is 1. The summed E-state index contributed by atoms with van der Waals surface area (Å²) in [5.41, 5.74) is 0.677. The predicted octanol–water partition coefficient (Wildman–Crippen LogP) is 3.27.